The Kier molecular flexibility index (Phi) is 4.84. The number of carbonyl (C=O) groups is 1. The number of carbonyl (C=O) groups excluding carboxylic acids is 1. The number of fused-ring (bicyclic) bond motifs is 1. The van der Waals surface area contributed by atoms with Crippen molar-refractivity contribution in [2.24, 2.45) is 5.92 Å². The lowest BCUT2D eigenvalue weighted by Gasteiger charge is -2.12. The first-order valence-corrected chi connectivity index (χ1v) is 8.37. The maximum Gasteiger partial charge on any atom is 0.314 e. The molecule has 1 heterocycles. The largest absolute Gasteiger partial charge is 0.450 e. The lowest BCUT2D eigenvalue weighted by Crippen LogP contribution is -2.20. The zero-order valence-corrected chi connectivity index (χ0v) is 15.0. The highest BCUT2D eigenvalue weighted by molar-refractivity contribution is 6.38. The van der Waals surface area contributed by atoms with E-state index in [2.05, 4.69) is 0 Å². The first kappa shape index (κ1) is 17.5. The molecule has 0 amide bonds. The summed E-state index contributed by atoms with van der Waals surface area (Å²) in [6, 6.07) is 11.8. The van der Waals surface area contributed by atoms with Gasteiger partial charge in [0.05, 0.1) is 16.3 Å². The van der Waals surface area contributed by atoms with E-state index in [0.29, 0.717) is 10.6 Å². The molecule has 0 saturated heterocycles. The van der Waals surface area contributed by atoms with Crippen molar-refractivity contribution < 1.29 is 13.9 Å². The van der Waals surface area contributed by atoms with E-state index < -0.39 is 17.3 Å². The third-order valence-electron chi connectivity index (χ3n) is 3.58. The van der Waals surface area contributed by atoms with Crippen molar-refractivity contribution in [2.45, 2.75) is 13.8 Å². The van der Waals surface area contributed by atoms with Crippen molar-refractivity contribution in [3.8, 4) is 17.1 Å². The van der Waals surface area contributed by atoms with E-state index >= 15 is 0 Å². The molecule has 1 aromatic heterocycles. The topological polar surface area (TPSA) is 56.5 Å². The fourth-order valence-electron chi connectivity index (χ4n) is 2.30. The molecular formula is C19H14Cl2O4. The maximum atomic E-state index is 12.9. The van der Waals surface area contributed by atoms with Crippen LogP contribution in [0, 0.1) is 5.92 Å². The summed E-state index contributed by atoms with van der Waals surface area (Å²) < 4.78 is 11.2. The van der Waals surface area contributed by atoms with Crippen LogP contribution in [0.4, 0.5) is 0 Å². The molecule has 0 fully saturated rings. The van der Waals surface area contributed by atoms with Gasteiger partial charge in [-0.3, -0.25) is 9.59 Å². The van der Waals surface area contributed by atoms with E-state index in [-0.39, 0.29) is 27.5 Å². The summed E-state index contributed by atoms with van der Waals surface area (Å²) in [7, 11) is 0. The Morgan fingerprint density at radius 3 is 2.44 bits per heavy atom. The Bertz CT molecular complexity index is 1010. The highest BCUT2D eigenvalue weighted by Gasteiger charge is 2.23. The minimum atomic E-state index is -0.531. The molecule has 0 saturated carbocycles. The van der Waals surface area contributed by atoms with Gasteiger partial charge < -0.3 is 9.15 Å². The van der Waals surface area contributed by atoms with Crippen molar-refractivity contribution >= 4 is 40.1 Å². The summed E-state index contributed by atoms with van der Waals surface area (Å²) in [5.74, 6) is -0.953. The van der Waals surface area contributed by atoms with E-state index in [4.69, 9.17) is 32.4 Å². The van der Waals surface area contributed by atoms with E-state index in [0.717, 1.165) is 0 Å². The van der Waals surface area contributed by atoms with Gasteiger partial charge in [-0.2, -0.15) is 0 Å². The molecule has 0 atom stereocenters. The van der Waals surface area contributed by atoms with Crippen LogP contribution in [0.15, 0.2) is 51.7 Å². The fraction of sp³-hybridized carbons (Fsp3) is 0.158. The molecule has 128 valence electrons. The van der Waals surface area contributed by atoms with Gasteiger partial charge in [0, 0.05) is 10.6 Å². The summed E-state index contributed by atoms with van der Waals surface area (Å²) in [4.78, 5) is 25.0. The lowest BCUT2D eigenvalue weighted by molar-refractivity contribution is -0.137. The van der Waals surface area contributed by atoms with Gasteiger partial charge in [-0.05, 0) is 12.1 Å². The lowest BCUT2D eigenvalue weighted by atomic mass is 10.1. The quantitative estimate of drug-likeness (QED) is 0.579. The second-order valence-electron chi connectivity index (χ2n) is 5.80. The maximum absolute atomic E-state index is 12.9. The Hall–Kier alpha value is -2.30. The van der Waals surface area contributed by atoms with E-state index in [1.165, 1.54) is 12.1 Å². The molecule has 25 heavy (non-hydrogen) atoms. The van der Waals surface area contributed by atoms with Gasteiger partial charge in [-0.15, -0.1) is 0 Å². The first-order valence-electron chi connectivity index (χ1n) is 7.61. The molecule has 0 N–H and O–H groups in total. The molecule has 3 aromatic rings. The van der Waals surface area contributed by atoms with Crippen molar-refractivity contribution in [3.63, 3.8) is 0 Å². The number of benzene rings is 2. The van der Waals surface area contributed by atoms with Gasteiger partial charge in [0.2, 0.25) is 11.2 Å². The summed E-state index contributed by atoms with van der Waals surface area (Å²) >= 11 is 12.2. The van der Waals surface area contributed by atoms with Gasteiger partial charge in [0.1, 0.15) is 0 Å². The van der Waals surface area contributed by atoms with Crippen molar-refractivity contribution in [2.75, 3.05) is 0 Å². The van der Waals surface area contributed by atoms with Crippen LogP contribution in [0.2, 0.25) is 10.0 Å². The van der Waals surface area contributed by atoms with E-state index in [9.17, 15) is 9.59 Å². The summed E-state index contributed by atoms with van der Waals surface area (Å²) in [5, 5.41) is 0.653. The molecule has 4 nitrogen and oxygen atoms in total. The van der Waals surface area contributed by atoms with Crippen molar-refractivity contribution in [3.05, 3.63) is 62.7 Å². The van der Waals surface area contributed by atoms with Crippen LogP contribution >= 0.6 is 23.2 Å². The third-order valence-corrected chi connectivity index (χ3v) is 4.08. The molecule has 0 spiro atoms. The van der Waals surface area contributed by atoms with Crippen LogP contribution in [0.1, 0.15) is 13.8 Å². The Labute approximate surface area is 153 Å². The molecule has 0 aliphatic carbocycles. The molecular weight excluding hydrogens is 363 g/mol. The number of ether oxygens (including phenoxy) is 1. The van der Waals surface area contributed by atoms with Gasteiger partial charge in [0.15, 0.2) is 11.3 Å². The standard InChI is InChI=1S/C19H14Cl2O4/c1-10(2)19(23)25-18-15(22)13-8-12(20)9-14(21)17(13)24-16(18)11-6-4-3-5-7-11/h3-10H,1-2H3. The van der Waals surface area contributed by atoms with Crippen LogP contribution in [-0.2, 0) is 4.79 Å². The number of rotatable bonds is 3. The smallest absolute Gasteiger partial charge is 0.314 e. The predicted octanol–water partition coefficient (Wildman–Crippen LogP) is 5.33. The number of halogens is 2. The van der Waals surface area contributed by atoms with Crippen molar-refractivity contribution in [1.29, 1.82) is 0 Å². The van der Waals surface area contributed by atoms with Gasteiger partial charge in [-0.1, -0.05) is 67.4 Å². The molecule has 6 heteroatoms. The monoisotopic (exact) mass is 376 g/mol. The Morgan fingerprint density at radius 1 is 1.12 bits per heavy atom. The van der Waals surface area contributed by atoms with Crippen LogP contribution in [-0.4, -0.2) is 5.97 Å². The fourth-order valence-corrected chi connectivity index (χ4v) is 2.83. The second-order valence-corrected chi connectivity index (χ2v) is 6.64. The number of hydrogen-bond acceptors (Lipinski definition) is 4. The van der Waals surface area contributed by atoms with Gasteiger partial charge in [0.25, 0.3) is 0 Å². The van der Waals surface area contributed by atoms with Crippen LogP contribution in [0.3, 0.4) is 0 Å². The summed E-state index contributed by atoms with van der Waals surface area (Å²) in [6.45, 7) is 3.36. The summed E-state index contributed by atoms with van der Waals surface area (Å²) in [5.41, 5.74) is 0.289. The highest BCUT2D eigenvalue weighted by Crippen LogP contribution is 2.35. The average molecular weight is 377 g/mol. The highest BCUT2D eigenvalue weighted by atomic mass is 35.5. The third kappa shape index (κ3) is 3.41. The van der Waals surface area contributed by atoms with Gasteiger partial charge in [-0.25, -0.2) is 0 Å². The minimum absolute atomic E-state index is 0.149. The average Bonchev–Trinajstić information content (AvgIpc) is 2.58. The Balaban J connectivity index is 2.35. The van der Waals surface area contributed by atoms with E-state index in [1.807, 2.05) is 6.07 Å². The number of esters is 1. The Morgan fingerprint density at radius 2 is 1.80 bits per heavy atom. The molecule has 3 rings (SSSR count). The number of hydrogen-bond donors (Lipinski definition) is 0. The molecule has 0 bridgehead atoms. The van der Waals surface area contributed by atoms with Gasteiger partial charge >= 0.3 is 5.97 Å². The zero-order chi connectivity index (χ0) is 18.1. The molecule has 0 unspecified atom stereocenters. The molecule has 0 radical (unpaired) electrons. The minimum Gasteiger partial charge on any atom is -0.450 e. The molecule has 0 aliphatic rings. The normalized spacial score (nSPS) is 11.1. The zero-order valence-electron chi connectivity index (χ0n) is 13.5. The summed E-state index contributed by atoms with van der Waals surface area (Å²) in [6.07, 6.45) is 0. The SMILES string of the molecule is CC(C)C(=O)Oc1c(-c2ccccc2)oc2c(Cl)cc(Cl)cc2c1=O. The van der Waals surface area contributed by atoms with E-state index in [1.54, 1.807) is 38.1 Å². The molecule has 0 aliphatic heterocycles. The van der Waals surface area contributed by atoms with Crippen molar-refractivity contribution in [1.82, 2.24) is 0 Å². The second kappa shape index (κ2) is 6.90. The van der Waals surface area contributed by atoms with Crippen LogP contribution < -0.4 is 10.2 Å². The van der Waals surface area contributed by atoms with Crippen LogP contribution in [0.25, 0.3) is 22.3 Å². The van der Waals surface area contributed by atoms with Crippen LogP contribution in [0.5, 0.6) is 5.75 Å². The first-order chi connectivity index (χ1) is 11.9. The predicted molar refractivity (Wildman–Crippen MR) is 98.4 cm³/mol. The molecule has 2 aromatic carbocycles.